The Hall–Kier alpha value is -2.81. The normalized spacial score (nSPS) is 33.2. The average molecular weight is 1030 g/mol. The van der Waals surface area contributed by atoms with Crippen LogP contribution < -0.4 is 10.6 Å². The van der Waals surface area contributed by atoms with Crippen molar-refractivity contribution in [3.05, 3.63) is 0 Å². The molecule has 2 saturated carbocycles. The molecule has 2 aliphatic carbocycles. The molecule has 2 N–H and O–H groups in total. The number of likely N-dealkylation sites (tertiary alicyclic amines) is 2. The van der Waals surface area contributed by atoms with Crippen LogP contribution in [-0.4, -0.2) is 129 Å². The van der Waals surface area contributed by atoms with E-state index in [0.717, 1.165) is 6.42 Å². The Kier molecular flexibility index (Phi) is 16.2. The Morgan fingerprint density at radius 3 is 0.863 bits per heavy atom. The third-order valence-electron chi connectivity index (χ3n) is 18.3. The maximum Gasteiger partial charge on any atom is 0.311 e. The van der Waals surface area contributed by atoms with Crippen LogP contribution in [-0.2, 0) is 47.7 Å². The van der Waals surface area contributed by atoms with Crippen LogP contribution in [0.5, 0.6) is 0 Å². The van der Waals surface area contributed by atoms with Crippen molar-refractivity contribution in [2.45, 2.75) is 290 Å². The highest BCUT2D eigenvalue weighted by molar-refractivity contribution is 5.94. The molecule has 6 aliphatic rings. The fourth-order valence-electron chi connectivity index (χ4n) is 16.1. The van der Waals surface area contributed by atoms with Gasteiger partial charge in [-0.05, 0) is 161 Å². The van der Waals surface area contributed by atoms with Crippen molar-refractivity contribution in [2.24, 2.45) is 40.4 Å². The highest BCUT2D eigenvalue weighted by Crippen LogP contribution is 2.51. The number of hydrogen-bond acceptors (Lipinski definition) is 14. The molecule has 14 nitrogen and oxygen atoms in total. The van der Waals surface area contributed by atoms with Gasteiger partial charge in [-0.15, -0.1) is 0 Å². The lowest BCUT2D eigenvalue weighted by atomic mass is 9.61. The Morgan fingerprint density at radius 2 is 0.575 bits per heavy atom. The monoisotopic (exact) mass is 1030 g/mol. The number of nitrogens with one attached hydrogen (secondary N) is 2. The SMILES string of the molecule is CN1C(C)(C)CC(OC(=O)C2CC(C(=O)OC3CC(C)(C)CC(C)(C)C3)C(C(=O)OC3CC(C)(C)NC(C)(C)C3)C(C(=O)OC3CC(C)(C)N(C)C(C)(C)C3)C2C(=O)OC2CC(C)(C)NC(C)(C)C2)CC1(C)C. The van der Waals surface area contributed by atoms with Gasteiger partial charge in [0.05, 0.1) is 29.6 Å². The van der Waals surface area contributed by atoms with E-state index in [-0.39, 0.29) is 28.3 Å². The molecular formula is C59H102N4O10. The molecule has 73 heavy (non-hydrogen) atoms. The molecule has 5 atom stereocenters. The molecule has 0 bridgehead atoms. The maximum absolute atomic E-state index is 15.9. The zero-order valence-corrected chi connectivity index (χ0v) is 49.7. The first-order valence-electron chi connectivity index (χ1n) is 27.9. The van der Waals surface area contributed by atoms with Crippen LogP contribution in [0, 0.1) is 40.4 Å². The summed E-state index contributed by atoms with van der Waals surface area (Å²) in [5.41, 5.74) is -3.47. The Labute approximate surface area is 441 Å². The lowest BCUT2D eigenvalue weighted by Crippen LogP contribution is -2.62. The lowest BCUT2D eigenvalue weighted by molar-refractivity contribution is -0.201. The maximum atomic E-state index is 15.9. The van der Waals surface area contributed by atoms with Gasteiger partial charge in [-0.25, -0.2) is 0 Å². The fraction of sp³-hybridized carbons (Fsp3) is 0.915. The molecule has 4 heterocycles. The van der Waals surface area contributed by atoms with Crippen LogP contribution in [0.15, 0.2) is 0 Å². The molecule has 0 radical (unpaired) electrons. The topological polar surface area (TPSA) is 162 Å². The first kappa shape index (κ1) is 59.4. The second-order valence-corrected chi connectivity index (χ2v) is 31.0. The first-order chi connectivity index (χ1) is 32.8. The highest BCUT2D eigenvalue weighted by atomic mass is 16.6. The number of piperidine rings is 4. The van der Waals surface area contributed by atoms with E-state index in [9.17, 15) is 0 Å². The van der Waals surface area contributed by atoms with E-state index in [1.807, 2.05) is 0 Å². The van der Waals surface area contributed by atoms with Gasteiger partial charge in [0, 0.05) is 95.7 Å². The number of carbonyl (C=O) groups is 5. The van der Waals surface area contributed by atoms with Crippen molar-refractivity contribution >= 4 is 29.8 Å². The number of nitrogens with zero attached hydrogens (tertiary/aromatic N) is 2. The molecule has 0 aromatic heterocycles. The molecule has 0 aromatic carbocycles. The Balaban J connectivity index is 1.52. The summed E-state index contributed by atoms with van der Waals surface area (Å²) in [4.78, 5) is 82.9. The van der Waals surface area contributed by atoms with E-state index >= 15 is 24.0 Å². The minimum absolute atomic E-state index is 0.150. The summed E-state index contributed by atoms with van der Waals surface area (Å²) in [6.07, 6.45) is 2.84. The Morgan fingerprint density at radius 1 is 0.342 bits per heavy atom. The molecule has 0 amide bonds. The van der Waals surface area contributed by atoms with Crippen molar-refractivity contribution in [1.29, 1.82) is 0 Å². The minimum atomic E-state index is -1.66. The fourth-order valence-corrected chi connectivity index (χ4v) is 16.1. The molecule has 4 saturated heterocycles. The number of rotatable bonds is 10. The van der Waals surface area contributed by atoms with E-state index in [1.165, 1.54) is 0 Å². The van der Waals surface area contributed by atoms with Crippen molar-refractivity contribution in [2.75, 3.05) is 14.1 Å². The van der Waals surface area contributed by atoms with E-state index < -0.39 is 123 Å². The van der Waals surface area contributed by atoms with Gasteiger partial charge in [-0.2, -0.15) is 0 Å². The average Bonchev–Trinajstić information content (AvgIpc) is 3.13. The van der Waals surface area contributed by atoms with E-state index in [1.54, 1.807) is 0 Å². The van der Waals surface area contributed by atoms with E-state index in [4.69, 9.17) is 23.7 Å². The molecular weight excluding hydrogens is 925 g/mol. The molecule has 5 unspecified atom stereocenters. The summed E-state index contributed by atoms with van der Waals surface area (Å²) in [6.45, 7) is 42.1. The van der Waals surface area contributed by atoms with Crippen LogP contribution >= 0.6 is 0 Å². The largest absolute Gasteiger partial charge is 0.462 e. The third kappa shape index (κ3) is 14.0. The van der Waals surface area contributed by atoms with Crippen LogP contribution in [0.1, 0.15) is 216 Å². The van der Waals surface area contributed by atoms with E-state index in [2.05, 4.69) is 173 Å². The summed E-state index contributed by atoms with van der Waals surface area (Å²) in [5.74, 6) is -11.3. The zero-order valence-electron chi connectivity index (χ0n) is 49.7. The first-order valence-corrected chi connectivity index (χ1v) is 27.9. The highest BCUT2D eigenvalue weighted by Gasteiger charge is 2.62. The standard InChI is InChI=1S/C59H102N4O10/c1-50(2)24-35(25-51(3,4)34-50)69-45(64)40-23-41(46(65)70-38-30-56(13,14)62(21)57(15,16)31-38)43(48(67)72-37-28-54(9,10)61-55(11,12)29-37)44(49(68)73-39-32-58(17,18)63(22)59(19,20)33-39)42(40)47(66)71-36-26-52(5,6)60-53(7,8)27-36/h35-44,60-61H,23-34H2,1-22H3. The van der Waals surface area contributed by atoms with Crippen LogP contribution in [0.4, 0.5) is 0 Å². The summed E-state index contributed by atoms with van der Waals surface area (Å²) in [5, 5.41) is 7.33. The smallest absolute Gasteiger partial charge is 0.311 e. The lowest BCUT2D eigenvalue weighted by Gasteiger charge is -2.53. The van der Waals surface area contributed by atoms with E-state index in [0.29, 0.717) is 64.2 Å². The number of carbonyl (C=O) groups excluding carboxylic acids is 5. The van der Waals surface area contributed by atoms with Crippen molar-refractivity contribution in [3.8, 4) is 0 Å². The molecule has 0 aromatic rings. The van der Waals surface area contributed by atoms with Gasteiger partial charge < -0.3 is 34.3 Å². The summed E-state index contributed by atoms with van der Waals surface area (Å²) < 4.78 is 33.1. The van der Waals surface area contributed by atoms with Gasteiger partial charge in [0.15, 0.2) is 0 Å². The summed E-state index contributed by atoms with van der Waals surface area (Å²) in [7, 11) is 4.14. The van der Waals surface area contributed by atoms with Crippen LogP contribution in [0.25, 0.3) is 0 Å². The second-order valence-electron chi connectivity index (χ2n) is 31.0. The zero-order chi connectivity index (χ0) is 55.2. The second kappa shape index (κ2) is 19.9. The van der Waals surface area contributed by atoms with Gasteiger partial charge in [-0.3, -0.25) is 33.8 Å². The predicted molar refractivity (Wildman–Crippen MR) is 284 cm³/mol. The van der Waals surface area contributed by atoms with Crippen LogP contribution in [0.2, 0.25) is 0 Å². The third-order valence-corrected chi connectivity index (χ3v) is 18.3. The molecule has 4 aliphatic heterocycles. The van der Waals surface area contributed by atoms with Crippen molar-refractivity contribution < 1.29 is 47.7 Å². The van der Waals surface area contributed by atoms with Crippen molar-refractivity contribution in [1.82, 2.24) is 20.4 Å². The molecule has 418 valence electrons. The van der Waals surface area contributed by atoms with Crippen LogP contribution in [0.3, 0.4) is 0 Å². The van der Waals surface area contributed by atoms with Gasteiger partial charge in [0.2, 0.25) is 0 Å². The van der Waals surface area contributed by atoms with Gasteiger partial charge >= 0.3 is 29.8 Å². The molecule has 6 rings (SSSR count). The molecule has 14 heteroatoms. The van der Waals surface area contributed by atoms with Gasteiger partial charge in [-0.1, -0.05) is 27.7 Å². The summed E-state index contributed by atoms with van der Waals surface area (Å²) >= 11 is 0. The van der Waals surface area contributed by atoms with Gasteiger partial charge in [0.1, 0.15) is 30.5 Å². The number of esters is 5. The summed E-state index contributed by atoms with van der Waals surface area (Å²) in [6, 6.07) is 0. The van der Waals surface area contributed by atoms with Crippen molar-refractivity contribution in [3.63, 3.8) is 0 Å². The minimum Gasteiger partial charge on any atom is -0.462 e. The molecule has 0 spiro atoms. The molecule has 6 fully saturated rings. The number of hydrogen-bond donors (Lipinski definition) is 2. The van der Waals surface area contributed by atoms with Gasteiger partial charge in [0.25, 0.3) is 0 Å². The Bertz CT molecular complexity index is 2000. The quantitative estimate of drug-likeness (QED) is 0.157. The predicted octanol–water partition coefficient (Wildman–Crippen LogP) is 9.71. The number of ether oxygens (including phenoxy) is 5.